The first-order chi connectivity index (χ1) is 8.47. The molecule has 7 heteroatoms. The molecule has 1 atom stereocenters. The van der Waals surface area contributed by atoms with Crippen LogP contribution in [-0.2, 0) is 0 Å². The van der Waals surface area contributed by atoms with Gasteiger partial charge in [0, 0.05) is 22.7 Å². The fourth-order valence-corrected chi connectivity index (χ4v) is 1.51. The molecule has 0 aliphatic carbocycles. The van der Waals surface area contributed by atoms with Crippen molar-refractivity contribution >= 4 is 23.2 Å². The molecule has 1 aromatic rings. The van der Waals surface area contributed by atoms with E-state index in [0.29, 0.717) is 6.42 Å². The van der Waals surface area contributed by atoms with Crippen LogP contribution in [-0.4, -0.2) is 16.9 Å². The molecule has 0 spiro atoms. The molecule has 0 saturated carbocycles. The molecule has 1 aromatic carbocycles. The van der Waals surface area contributed by atoms with Gasteiger partial charge in [-0.1, -0.05) is 18.5 Å². The molecule has 0 radical (unpaired) electrons. The largest absolute Gasteiger partial charge is 0.336 e. The minimum atomic E-state index is -0.635. The first-order valence-electron chi connectivity index (χ1n) is 5.13. The number of amides is 1. The molecule has 0 aliphatic heterocycles. The summed E-state index contributed by atoms with van der Waals surface area (Å²) in [5.74, 6) is -0.561. The van der Waals surface area contributed by atoms with Crippen LogP contribution in [0.25, 0.3) is 0 Å². The highest BCUT2D eigenvalue weighted by molar-refractivity contribution is 6.31. The normalized spacial score (nSPS) is 11.4. The van der Waals surface area contributed by atoms with Gasteiger partial charge in [-0.2, -0.15) is 5.26 Å². The fourth-order valence-electron chi connectivity index (χ4n) is 1.28. The lowest BCUT2D eigenvalue weighted by atomic mass is 10.1. The monoisotopic (exact) mass is 267 g/mol. The van der Waals surface area contributed by atoms with Crippen LogP contribution < -0.4 is 5.32 Å². The zero-order chi connectivity index (χ0) is 13.7. The highest BCUT2D eigenvalue weighted by Gasteiger charge is 2.16. The molecule has 0 aromatic heterocycles. The molecule has 94 valence electrons. The van der Waals surface area contributed by atoms with Crippen molar-refractivity contribution in [3.8, 4) is 6.07 Å². The lowest BCUT2D eigenvalue weighted by Crippen LogP contribution is -2.33. The zero-order valence-corrected chi connectivity index (χ0v) is 10.3. The molecule has 1 unspecified atom stereocenters. The van der Waals surface area contributed by atoms with Crippen LogP contribution in [0.1, 0.15) is 23.7 Å². The van der Waals surface area contributed by atoms with Crippen molar-refractivity contribution in [3.05, 3.63) is 38.9 Å². The molecule has 0 aliphatic rings. The van der Waals surface area contributed by atoms with E-state index in [1.807, 2.05) is 6.07 Å². The number of nitro groups is 1. The Bertz CT molecular complexity index is 525. The molecule has 1 rings (SSSR count). The van der Waals surface area contributed by atoms with Crippen LogP contribution >= 0.6 is 11.6 Å². The van der Waals surface area contributed by atoms with Gasteiger partial charge in [0.15, 0.2) is 0 Å². The number of carbonyl (C=O) groups is 1. The van der Waals surface area contributed by atoms with Gasteiger partial charge in [0.1, 0.15) is 6.04 Å². The molecule has 0 saturated heterocycles. The Morgan fingerprint density at radius 1 is 1.61 bits per heavy atom. The summed E-state index contributed by atoms with van der Waals surface area (Å²) in [7, 11) is 0. The quantitative estimate of drug-likeness (QED) is 0.668. The number of benzene rings is 1. The van der Waals surface area contributed by atoms with Gasteiger partial charge >= 0.3 is 0 Å². The minimum absolute atomic E-state index is 0.0582. The zero-order valence-electron chi connectivity index (χ0n) is 9.51. The van der Waals surface area contributed by atoms with E-state index in [0.717, 1.165) is 12.1 Å². The highest BCUT2D eigenvalue weighted by Crippen LogP contribution is 2.20. The highest BCUT2D eigenvalue weighted by atomic mass is 35.5. The predicted octanol–water partition coefficient (Wildman–Crippen LogP) is 2.28. The first-order valence-corrected chi connectivity index (χ1v) is 5.51. The van der Waals surface area contributed by atoms with E-state index in [2.05, 4.69) is 5.32 Å². The maximum absolute atomic E-state index is 11.8. The number of halogens is 1. The average molecular weight is 268 g/mol. The molecule has 1 amide bonds. The van der Waals surface area contributed by atoms with Gasteiger partial charge in [-0.25, -0.2) is 0 Å². The summed E-state index contributed by atoms with van der Waals surface area (Å²) >= 11 is 5.69. The molecule has 1 N–H and O–H groups in total. The van der Waals surface area contributed by atoms with Crippen molar-refractivity contribution in [3.63, 3.8) is 0 Å². The van der Waals surface area contributed by atoms with E-state index in [1.165, 1.54) is 6.07 Å². The Balaban J connectivity index is 2.99. The Hall–Kier alpha value is -2.13. The third-order valence-electron chi connectivity index (χ3n) is 2.22. The van der Waals surface area contributed by atoms with Crippen LogP contribution in [0.5, 0.6) is 0 Å². The van der Waals surface area contributed by atoms with E-state index >= 15 is 0 Å². The van der Waals surface area contributed by atoms with E-state index in [9.17, 15) is 14.9 Å². The third kappa shape index (κ3) is 3.43. The molecular formula is C11H10ClN3O3. The Morgan fingerprint density at radius 2 is 2.28 bits per heavy atom. The summed E-state index contributed by atoms with van der Waals surface area (Å²) < 4.78 is 0. The maximum Gasteiger partial charge on any atom is 0.271 e. The number of nitrogens with zero attached hydrogens (tertiary/aromatic N) is 2. The molecular weight excluding hydrogens is 258 g/mol. The van der Waals surface area contributed by atoms with Crippen LogP contribution in [0.4, 0.5) is 5.69 Å². The van der Waals surface area contributed by atoms with Crippen LogP contribution in [0, 0.1) is 21.4 Å². The van der Waals surface area contributed by atoms with Gasteiger partial charge < -0.3 is 5.32 Å². The first kappa shape index (κ1) is 13.9. The van der Waals surface area contributed by atoms with Crippen LogP contribution in [0.3, 0.4) is 0 Å². The van der Waals surface area contributed by atoms with E-state index in [-0.39, 0.29) is 16.3 Å². The second-order valence-electron chi connectivity index (χ2n) is 3.52. The topological polar surface area (TPSA) is 96.0 Å². The van der Waals surface area contributed by atoms with Crippen molar-refractivity contribution in [1.29, 1.82) is 5.26 Å². The maximum atomic E-state index is 11.8. The van der Waals surface area contributed by atoms with Crippen molar-refractivity contribution in [2.45, 2.75) is 19.4 Å². The summed E-state index contributed by atoms with van der Waals surface area (Å²) in [6.07, 6.45) is 0.449. The smallest absolute Gasteiger partial charge is 0.271 e. The summed E-state index contributed by atoms with van der Waals surface area (Å²) in [6, 6.07) is 4.86. The second kappa shape index (κ2) is 5.98. The average Bonchev–Trinajstić information content (AvgIpc) is 2.34. The van der Waals surface area contributed by atoms with Gasteiger partial charge in [0.2, 0.25) is 0 Å². The lowest BCUT2D eigenvalue weighted by molar-refractivity contribution is -0.384. The summed E-state index contributed by atoms with van der Waals surface area (Å²) in [6.45, 7) is 1.74. The standard InChI is InChI=1S/C11H10ClN3O3/c1-2-9(6-13)14-11(16)7-3-8(12)5-10(4-7)15(17)18/h3-5,9H,2H2,1H3,(H,14,16). The predicted molar refractivity (Wildman–Crippen MR) is 65.3 cm³/mol. The van der Waals surface area contributed by atoms with E-state index in [4.69, 9.17) is 16.9 Å². The lowest BCUT2D eigenvalue weighted by Gasteiger charge is -2.09. The summed E-state index contributed by atoms with van der Waals surface area (Å²) in [4.78, 5) is 21.7. The van der Waals surface area contributed by atoms with Gasteiger partial charge in [-0.3, -0.25) is 14.9 Å². The van der Waals surface area contributed by atoms with Gasteiger partial charge in [0.25, 0.3) is 11.6 Å². The number of nitro benzene ring substituents is 1. The Morgan fingerprint density at radius 3 is 2.78 bits per heavy atom. The van der Waals surface area contributed by atoms with Crippen molar-refractivity contribution in [1.82, 2.24) is 5.32 Å². The summed E-state index contributed by atoms with van der Waals surface area (Å²) in [5, 5.41) is 21.9. The minimum Gasteiger partial charge on any atom is -0.336 e. The van der Waals surface area contributed by atoms with Crippen molar-refractivity contribution in [2.75, 3.05) is 0 Å². The second-order valence-corrected chi connectivity index (χ2v) is 3.96. The molecule has 18 heavy (non-hydrogen) atoms. The van der Waals surface area contributed by atoms with Gasteiger partial charge in [0.05, 0.1) is 11.0 Å². The number of nitrogens with one attached hydrogen (secondary N) is 1. The number of rotatable bonds is 4. The number of hydrogen-bond donors (Lipinski definition) is 1. The van der Waals surface area contributed by atoms with Gasteiger partial charge in [-0.15, -0.1) is 0 Å². The van der Waals surface area contributed by atoms with E-state index < -0.39 is 16.9 Å². The third-order valence-corrected chi connectivity index (χ3v) is 2.44. The number of hydrogen-bond acceptors (Lipinski definition) is 4. The SMILES string of the molecule is CCC(C#N)NC(=O)c1cc(Cl)cc([N+](=O)[O-])c1. The van der Waals surface area contributed by atoms with Gasteiger partial charge in [-0.05, 0) is 12.5 Å². The van der Waals surface area contributed by atoms with Crippen LogP contribution in [0.2, 0.25) is 5.02 Å². The van der Waals surface area contributed by atoms with Crippen molar-refractivity contribution < 1.29 is 9.72 Å². The fraction of sp³-hybridized carbons (Fsp3) is 0.273. The number of non-ortho nitro benzene ring substituents is 1. The molecule has 0 bridgehead atoms. The van der Waals surface area contributed by atoms with Crippen molar-refractivity contribution in [2.24, 2.45) is 0 Å². The Labute approximate surface area is 108 Å². The number of nitriles is 1. The summed E-state index contributed by atoms with van der Waals surface area (Å²) in [5.41, 5.74) is -0.208. The molecule has 0 fully saturated rings. The molecule has 6 nitrogen and oxygen atoms in total. The van der Waals surface area contributed by atoms with Crippen LogP contribution in [0.15, 0.2) is 18.2 Å². The Kier molecular flexibility index (Phi) is 4.63. The molecule has 0 heterocycles. The number of carbonyl (C=O) groups excluding carboxylic acids is 1. The van der Waals surface area contributed by atoms with E-state index in [1.54, 1.807) is 6.92 Å².